The summed E-state index contributed by atoms with van der Waals surface area (Å²) in [7, 11) is -2.01. The molecule has 1 fully saturated rings. The molecule has 1 heterocycles. The van der Waals surface area contributed by atoms with E-state index in [4.69, 9.17) is 4.74 Å². The Morgan fingerprint density at radius 1 is 1.00 bits per heavy atom. The zero-order valence-electron chi connectivity index (χ0n) is 18.3. The predicted molar refractivity (Wildman–Crippen MR) is 121 cm³/mol. The molecule has 1 N–H and O–H groups in total. The van der Waals surface area contributed by atoms with Crippen LogP contribution in [0.5, 0.6) is 5.75 Å². The number of hydrogen-bond donors (Lipinski definition) is 1. The lowest BCUT2D eigenvalue weighted by Crippen LogP contribution is -2.55. The summed E-state index contributed by atoms with van der Waals surface area (Å²) in [6, 6.07) is 16.2. The summed E-state index contributed by atoms with van der Waals surface area (Å²) in [4.78, 5) is 14.9. The molecule has 1 amide bonds. The smallest absolute Gasteiger partial charge is 0.243 e. The van der Waals surface area contributed by atoms with Crippen LogP contribution in [0.2, 0.25) is 0 Å². The molecule has 0 saturated carbocycles. The number of rotatable bonds is 8. The van der Waals surface area contributed by atoms with E-state index in [0.717, 1.165) is 0 Å². The van der Waals surface area contributed by atoms with Crippen LogP contribution in [-0.2, 0) is 14.8 Å². The Bertz CT molecular complexity index is 956. The topological polar surface area (TPSA) is 79.0 Å². The number of amides is 1. The second kappa shape index (κ2) is 10.3. The minimum Gasteiger partial charge on any atom is -0.497 e. The SMILES string of the molecule is COc1ccc(S(=O)(=O)N2CCN([C@@H](C)C(=O)NC[C@@H](C)c3ccccc3)CC2)cc1. The maximum absolute atomic E-state index is 12.9. The van der Waals surface area contributed by atoms with Crippen LogP contribution in [0, 0.1) is 0 Å². The molecule has 1 aliphatic heterocycles. The number of carbonyl (C=O) groups is 1. The van der Waals surface area contributed by atoms with Gasteiger partial charge in [0.2, 0.25) is 15.9 Å². The van der Waals surface area contributed by atoms with Gasteiger partial charge in [-0.05, 0) is 42.7 Å². The van der Waals surface area contributed by atoms with Gasteiger partial charge < -0.3 is 10.1 Å². The van der Waals surface area contributed by atoms with Crippen molar-refractivity contribution in [3.05, 3.63) is 60.2 Å². The molecule has 3 rings (SSSR count). The third-order valence-corrected chi connectivity index (χ3v) is 7.76. The average molecular weight is 446 g/mol. The van der Waals surface area contributed by atoms with E-state index in [-0.39, 0.29) is 22.8 Å². The van der Waals surface area contributed by atoms with Crippen molar-refractivity contribution in [3.8, 4) is 5.75 Å². The molecule has 2 atom stereocenters. The molecule has 1 aliphatic rings. The molecule has 7 nitrogen and oxygen atoms in total. The molecule has 0 aliphatic carbocycles. The highest BCUT2D eigenvalue weighted by atomic mass is 32.2. The van der Waals surface area contributed by atoms with Crippen LogP contribution in [0.3, 0.4) is 0 Å². The standard InChI is InChI=1S/C23H31N3O4S/c1-18(20-7-5-4-6-8-20)17-24-23(27)19(2)25-13-15-26(16-14-25)31(28,29)22-11-9-21(30-3)10-12-22/h4-12,18-19H,13-17H2,1-3H3,(H,24,27)/t18-,19+/m1/s1. The summed E-state index contributed by atoms with van der Waals surface area (Å²) in [5.74, 6) is 0.809. The van der Waals surface area contributed by atoms with Crippen molar-refractivity contribution >= 4 is 15.9 Å². The Morgan fingerprint density at radius 2 is 1.61 bits per heavy atom. The van der Waals surface area contributed by atoms with Gasteiger partial charge in [-0.3, -0.25) is 9.69 Å². The van der Waals surface area contributed by atoms with E-state index in [0.29, 0.717) is 38.5 Å². The van der Waals surface area contributed by atoms with E-state index < -0.39 is 10.0 Å². The highest BCUT2D eigenvalue weighted by molar-refractivity contribution is 7.89. The number of piperazine rings is 1. The van der Waals surface area contributed by atoms with Crippen molar-refractivity contribution in [2.45, 2.75) is 30.7 Å². The zero-order chi connectivity index (χ0) is 22.4. The highest BCUT2D eigenvalue weighted by Gasteiger charge is 2.31. The van der Waals surface area contributed by atoms with Crippen LogP contribution < -0.4 is 10.1 Å². The van der Waals surface area contributed by atoms with Gasteiger partial charge in [0.15, 0.2) is 0 Å². The number of methoxy groups -OCH3 is 1. The molecule has 0 unspecified atom stereocenters. The van der Waals surface area contributed by atoms with Crippen LogP contribution in [-0.4, -0.2) is 69.4 Å². The summed E-state index contributed by atoms with van der Waals surface area (Å²) in [5.41, 5.74) is 1.19. The predicted octanol–water partition coefficient (Wildman–Crippen LogP) is 2.31. The number of carbonyl (C=O) groups excluding carboxylic acids is 1. The van der Waals surface area contributed by atoms with Gasteiger partial charge in [0.1, 0.15) is 5.75 Å². The van der Waals surface area contributed by atoms with Gasteiger partial charge in [0.25, 0.3) is 0 Å². The number of ether oxygens (including phenoxy) is 1. The summed E-state index contributed by atoms with van der Waals surface area (Å²) >= 11 is 0. The van der Waals surface area contributed by atoms with Crippen molar-refractivity contribution in [1.29, 1.82) is 0 Å². The van der Waals surface area contributed by atoms with Gasteiger partial charge in [-0.2, -0.15) is 4.31 Å². The first-order valence-electron chi connectivity index (χ1n) is 10.5. The van der Waals surface area contributed by atoms with Gasteiger partial charge in [0.05, 0.1) is 18.0 Å². The molecular weight excluding hydrogens is 414 g/mol. The van der Waals surface area contributed by atoms with Crippen molar-refractivity contribution < 1.29 is 17.9 Å². The molecule has 0 aromatic heterocycles. The minimum atomic E-state index is -3.56. The number of sulfonamides is 1. The molecule has 2 aromatic rings. The molecule has 31 heavy (non-hydrogen) atoms. The van der Waals surface area contributed by atoms with Gasteiger partial charge in [-0.25, -0.2) is 8.42 Å². The van der Waals surface area contributed by atoms with Gasteiger partial charge in [-0.1, -0.05) is 37.3 Å². The number of benzene rings is 2. The first-order chi connectivity index (χ1) is 14.8. The van der Waals surface area contributed by atoms with E-state index in [1.165, 1.54) is 9.87 Å². The molecule has 0 spiro atoms. The largest absolute Gasteiger partial charge is 0.497 e. The van der Waals surface area contributed by atoms with Crippen molar-refractivity contribution in [1.82, 2.24) is 14.5 Å². The van der Waals surface area contributed by atoms with Crippen LogP contribution in [0.25, 0.3) is 0 Å². The van der Waals surface area contributed by atoms with Gasteiger partial charge >= 0.3 is 0 Å². The lowest BCUT2D eigenvalue weighted by atomic mass is 10.0. The van der Waals surface area contributed by atoms with Crippen molar-refractivity contribution in [2.24, 2.45) is 0 Å². The second-order valence-corrected chi connectivity index (χ2v) is 9.79. The molecule has 8 heteroatoms. The zero-order valence-corrected chi connectivity index (χ0v) is 19.1. The quantitative estimate of drug-likeness (QED) is 0.675. The monoisotopic (exact) mass is 445 g/mol. The highest BCUT2D eigenvalue weighted by Crippen LogP contribution is 2.21. The molecule has 0 bridgehead atoms. The van der Waals surface area contributed by atoms with E-state index in [1.807, 2.05) is 30.0 Å². The Morgan fingerprint density at radius 3 is 2.19 bits per heavy atom. The summed E-state index contributed by atoms with van der Waals surface area (Å²) in [6.45, 7) is 6.26. The van der Waals surface area contributed by atoms with Gasteiger partial charge in [0, 0.05) is 32.7 Å². The molecule has 2 aromatic carbocycles. The van der Waals surface area contributed by atoms with E-state index in [9.17, 15) is 13.2 Å². The average Bonchev–Trinajstić information content (AvgIpc) is 2.82. The lowest BCUT2D eigenvalue weighted by molar-refractivity contribution is -0.126. The summed E-state index contributed by atoms with van der Waals surface area (Å²) in [6.07, 6.45) is 0. The van der Waals surface area contributed by atoms with Crippen LogP contribution in [0.1, 0.15) is 25.3 Å². The fourth-order valence-electron chi connectivity index (χ4n) is 3.69. The van der Waals surface area contributed by atoms with E-state index >= 15 is 0 Å². The first kappa shape index (κ1) is 23.2. The number of nitrogens with one attached hydrogen (secondary N) is 1. The Labute approximate surface area is 185 Å². The molecule has 0 radical (unpaired) electrons. The summed E-state index contributed by atoms with van der Waals surface area (Å²) < 4.78 is 32.4. The Kier molecular flexibility index (Phi) is 7.69. The normalized spacial score (nSPS) is 17.6. The molecule has 168 valence electrons. The number of nitrogens with zero attached hydrogens (tertiary/aromatic N) is 2. The van der Waals surface area contributed by atoms with Crippen molar-refractivity contribution in [2.75, 3.05) is 39.8 Å². The number of hydrogen-bond acceptors (Lipinski definition) is 5. The van der Waals surface area contributed by atoms with E-state index in [1.54, 1.807) is 31.4 Å². The van der Waals surface area contributed by atoms with Gasteiger partial charge in [-0.15, -0.1) is 0 Å². The minimum absolute atomic E-state index is 0.0331. The fraction of sp³-hybridized carbons (Fsp3) is 0.435. The van der Waals surface area contributed by atoms with Crippen molar-refractivity contribution in [3.63, 3.8) is 0 Å². The third-order valence-electron chi connectivity index (χ3n) is 5.85. The Balaban J connectivity index is 1.51. The molecular formula is C23H31N3O4S. The lowest BCUT2D eigenvalue weighted by Gasteiger charge is -2.36. The Hall–Kier alpha value is -2.42. The first-order valence-corrected chi connectivity index (χ1v) is 12.0. The summed E-state index contributed by atoms with van der Waals surface area (Å²) in [5, 5.41) is 3.03. The third kappa shape index (κ3) is 5.64. The maximum atomic E-state index is 12.9. The fourth-order valence-corrected chi connectivity index (χ4v) is 5.12. The van der Waals surface area contributed by atoms with Crippen LogP contribution in [0.15, 0.2) is 59.5 Å². The molecule has 1 saturated heterocycles. The van der Waals surface area contributed by atoms with E-state index in [2.05, 4.69) is 24.4 Å². The van der Waals surface area contributed by atoms with Crippen LogP contribution in [0.4, 0.5) is 0 Å². The van der Waals surface area contributed by atoms with Crippen LogP contribution >= 0.6 is 0 Å². The second-order valence-electron chi connectivity index (χ2n) is 7.85. The maximum Gasteiger partial charge on any atom is 0.243 e.